The molecular weight excluding hydrogens is 546 g/mol. The first-order valence-corrected chi connectivity index (χ1v) is 15.8. The van der Waals surface area contributed by atoms with Crippen LogP contribution in [0.4, 0.5) is 4.79 Å². The number of benzene rings is 2. The molecule has 0 bridgehead atoms. The van der Waals surface area contributed by atoms with Crippen LogP contribution in [0.15, 0.2) is 53.4 Å². The summed E-state index contributed by atoms with van der Waals surface area (Å²) >= 11 is 0. The minimum absolute atomic E-state index is 0.0169. The van der Waals surface area contributed by atoms with Gasteiger partial charge in [0.25, 0.3) is 10.0 Å². The summed E-state index contributed by atoms with van der Waals surface area (Å²) in [4.78, 5) is 15.6. The quantitative estimate of drug-likeness (QED) is 0.262. The maximum atomic E-state index is 13.3. The minimum atomic E-state index is -4.00. The average Bonchev–Trinajstić information content (AvgIpc) is 3.50. The molecule has 10 nitrogen and oxygen atoms in total. The largest absolute Gasteiger partial charge is 0.446 e. The molecule has 226 valence electrons. The third-order valence-corrected chi connectivity index (χ3v) is 9.16. The van der Waals surface area contributed by atoms with E-state index in [0.29, 0.717) is 30.9 Å². The first kappa shape index (κ1) is 31.4. The van der Waals surface area contributed by atoms with Crippen LogP contribution in [-0.4, -0.2) is 73.8 Å². The van der Waals surface area contributed by atoms with Crippen LogP contribution in [-0.2, 0) is 32.5 Å². The maximum Gasteiger partial charge on any atom is 0.407 e. The minimum Gasteiger partial charge on any atom is -0.446 e. The van der Waals surface area contributed by atoms with Gasteiger partial charge in [0.15, 0.2) is 0 Å². The summed E-state index contributed by atoms with van der Waals surface area (Å²) in [6.07, 6.45) is 0.920. The average molecular weight is 590 g/mol. The van der Waals surface area contributed by atoms with E-state index in [2.05, 4.69) is 10.1 Å². The van der Waals surface area contributed by atoms with Crippen molar-refractivity contribution in [1.82, 2.24) is 15.2 Å². The van der Waals surface area contributed by atoms with Crippen LogP contribution >= 0.6 is 0 Å². The van der Waals surface area contributed by atoms with Crippen LogP contribution < -0.4 is 10.1 Å². The van der Waals surface area contributed by atoms with Crippen molar-refractivity contribution in [2.75, 3.05) is 19.7 Å². The van der Waals surface area contributed by atoms with Crippen LogP contribution in [0, 0.1) is 18.8 Å². The highest BCUT2D eigenvalue weighted by molar-refractivity contribution is 7.89. The number of nitrogens with one attached hydrogen (secondary N) is 2. The number of aliphatic hydroxyl groups excluding tert-OH is 2. The Morgan fingerprint density at radius 3 is 2.59 bits per heavy atom. The molecule has 1 saturated carbocycles. The number of aryl methyl sites for hydroxylation is 1. The zero-order valence-electron chi connectivity index (χ0n) is 24.0. The fraction of sp³-hybridized carbons (Fsp3) is 0.567. The monoisotopic (exact) mass is 589 g/mol. The van der Waals surface area contributed by atoms with Crippen LogP contribution in [0.25, 0.3) is 0 Å². The predicted molar refractivity (Wildman–Crippen MR) is 154 cm³/mol. The van der Waals surface area contributed by atoms with Gasteiger partial charge in [-0.05, 0) is 66.8 Å². The summed E-state index contributed by atoms with van der Waals surface area (Å²) in [5, 5.41) is 25.3. The Bertz CT molecular complexity index is 1250. The number of carbonyl (C=O) groups is 1. The number of sulfonamides is 1. The summed E-state index contributed by atoms with van der Waals surface area (Å²) in [7, 11) is -4.00. The highest BCUT2D eigenvalue weighted by atomic mass is 32.2. The van der Waals surface area contributed by atoms with E-state index in [1.165, 1.54) is 17.1 Å². The lowest BCUT2D eigenvalue weighted by Gasteiger charge is -2.31. The summed E-state index contributed by atoms with van der Waals surface area (Å²) in [6.45, 7) is 6.42. The van der Waals surface area contributed by atoms with Gasteiger partial charge >= 0.3 is 6.09 Å². The molecule has 2 fully saturated rings. The van der Waals surface area contributed by atoms with Crippen molar-refractivity contribution in [3.8, 4) is 0 Å². The van der Waals surface area contributed by atoms with Gasteiger partial charge in [0.1, 0.15) is 6.10 Å². The Hall–Kier alpha value is -2.54. The number of amides is 1. The van der Waals surface area contributed by atoms with Gasteiger partial charge in [-0.2, -0.15) is 0 Å². The Labute approximate surface area is 243 Å². The Morgan fingerprint density at radius 2 is 1.90 bits per heavy atom. The molecule has 0 spiro atoms. The van der Waals surface area contributed by atoms with Gasteiger partial charge in [-0.25, -0.2) is 18.2 Å². The van der Waals surface area contributed by atoms with E-state index in [9.17, 15) is 23.4 Å². The van der Waals surface area contributed by atoms with Gasteiger partial charge in [-0.15, -0.1) is 4.83 Å². The topological polar surface area (TPSA) is 137 Å². The number of alkyl carbamates (subject to hydrolysis) is 1. The number of nitrogens with zero attached hydrogens (tertiary/aromatic N) is 1. The number of ether oxygens (including phenoxy) is 2. The highest BCUT2D eigenvalue weighted by Crippen LogP contribution is 2.37. The molecule has 1 aliphatic heterocycles. The molecule has 2 aromatic rings. The number of carbonyl (C=O) groups excluding carboxylic acids is 1. The first-order chi connectivity index (χ1) is 19.5. The zero-order chi connectivity index (χ0) is 29.6. The lowest BCUT2D eigenvalue weighted by molar-refractivity contribution is 0.0457. The predicted octanol–water partition coefficient (Wildman–Crippen LogP) is 2.90. The maximum absolute atomic E-state index is 13.3. The molecule has 11 heteroatoms. The van der Waals surface area contributed by atoms with Crippen molar-refractivity contribution >= 4 is 16.1 Å². The highest BCUT2D eigenvalue weighted by Gasteiger charge is 2.40. The van der Waals surface area contributed by atoms with Crippen molar-refractivity contribution in [1.29, 1.82) is 0 Å². The van der Waals surface area contributed by atoms with Gasteiger partial charge in [-0.3, -0.25) is 0 Å². The second kappa shape index (κ2) is 14.1. The molecule has 1 unspecified atom stereocenters. The van der Waals surface area contributed by atoms with E-state index >= 15 is 0 Å². The molecule has 5 atom stereocenters. The molecule has 1 saturated heterocycles. The standard InChI is InChI=1S/C30H43N3O7S/c1-20(2)17-33(32-41(37,38)26-10-9-21(3)24(15-26)19-34)18-28(35)27(13-22-7-5-4-6-8-22)31-30(36)40-25-14-23-11-12-39-29(23)16-25/h4-10,15,20,23,25,27-29,32,34-35H,11-14,16-19H2,1-3H3,(H,31,36)/t23?,25-,27+,28-,29-/m1/s1. The lowest BCUT2D eigenvalue weighted by Crippen LogP contribution is -2.54. The van der Waals surface area contributed by atoms with Crippen molar-refractivity contribution < 1.29 is 32.9 Å². The summed E-state index contributed by atoms with van der Waals surface area (Å²) in [6, 6.07) is 13.3. The molecule has 1 aliphatic carbocycles. The first-order valence-electron chi connectivity index (χ1n) is 14.3. The summed E-state index contributed by atoms with van der Waals surface area (Å²) in [5.41, 5.74) is 2.22. The van der Waals surface area contributed by atoms with Crippen LogP contribution in [0.3, 0.4) is 0 Å². The SMILES string of the molecule is Cc1ccc(S(=O)(=O)NN(CC(C)C)C[C@@H](O)[C@H](Cc2ccccc2)NC(=O)O[C@@H]2CC3CCO[C@@H]3C2)cc1CO. The number of hydrogen-bond donors (Lipinski definition) is 4. The van der Waals surface area contributed by atoms with Crippen LogP contribution in [0.1, 0.15) is 49.8 Å². The van der Waals surface area contributed by atoms with Gasteiger partial charge in [-0.1, -0.05) is 50.2 Å². The Kier molecular flexibility index (Phi) is 10.8. The van der Waals surface area contributed by atoms with E-state index < -0.39 is 28.3 Å². The summed E-state index contributed by atoms with van der Waals surface area (Å²) in [5.74, 6) is 0.489. The molecule has 0 radical (unpaired) electrons. The number of rotatable bonds is 13. The number of fused-ring (bicyclic) bond motifs is 1. The number of hydrogen-bond acceptors (Lipinski definition) is 8. The van der Waals surface area contributed by atoms with Gasteiger partial charge in [0.2, 0.25) is 0 Å². The van der Waals surface area contributed by atoms with Gasteiger partial charge in [0.05, 0.1) is 29.8 Å². The van der Waals surface area contributed by atoms with Gasteiger partial charge in [0, 0.05) is 26.1 Å². The lowest BCUT2D eigenvalue weighted by atomic mass is 10.0. The molecule has 2 aliphatic rings. The molecule has 0 aromatic heterocycles. The van der Waals surface area contributed by atoms with Crippen LogP contribution in [0.5, 0.6) is 0 Å². The molecule has 1 amide bonds. The zero-order valence-corrected chi connectivity index (χ0v) is 24.8. The van der Waals surface area contributed by atoms with Crippen molar-refractivity contribution in [2.45, 2.75) is 82.3 Å². The molecule has 4 N–H and O–H groups in total. The molecule has 2 aromatic carbocycles. The molecule has 41 heavy (non-hydrogen) atoms. The van der Waals surface area contributed by atoms with E-state index in [1.54, 1.807) is 13.0 Å². The van der Waals surface area contributed by atoms with E-state index in [0.717, 1.165) is 30.6 Å². The fourth-order valence-corrected chi connectivity index (χ4v) is 6.79. The van der Waals surface area contributed by atoms with Crippen molar-refractivity contribution in [3.05, 3.63) is 65.2 Å². The molecule has 1 heterocycles. The summed E-state index contributed by atoms with van der Waals surface area (Å²) < 4.78 is 38.0. The number of aliphatic hydroxyl groups is 2. The fourth-order valence-electron chi connectivity index (χ4n) is 5.65. The van der Waals surface area contributed by atoms with Crippen molar-refractivity contribution in [3.63, 3.8) is 0 Å². The smallest absolute Gasteiger partial charge is 0.407 e. The number of hydrazine groups is 1. The third kappa shape index (κ3) is 8.73. The Morgan fingerprint density at radius 1 is 1.15 bits per heavy atom. The molecular formula is C30H43N3O7S. The third-order valence-electron chi connectivity index (χ3n) is 7.79. The second-order valence-electron chi connectivity index (χ2n) is 11.6. The van der Waals surface area contributed by atoms with Gasteiger partial charge < -0.3 is 25.0 Å². The van der Waals surface area contributed by atoms with Crippen LogP contribution in [0.2, 0.25) is 0 Å². The van der Waals surface area contributed by atoms with Crippen molar-refractivity contribution in [2.24, 2.45) is 11.8 Å². The molecule has 4 rings (SSSR count). The second-order valence-corrected chi connectivity index (χ2v) is 13.3. The van der Waals surface area contributed by atoms with E-state index in [-0.39, 0.29) is 36.2 Å². The Balaban J connectivity index is 1.46. The normalized spacial score (nSPS) is 22.1. The van der Waals surface area contributed by atoms with E-state index in [4.69, 9.17) is 9.47 Å². The van der Waals surface area contributed by atoms with E-state index in [1.807, 2.05) is 44.2 Å².